The van der Waals surface area contributed by atoms with Crippen molar-refractivity contribution in [1.82, 2.24) is 9.55 Å². The van der Waals surface area contributed by atoms with Crippen LogP contribution in [0.2, 0.25) is 0 Å². The van der Waals surface area contributed by atoms with Crippen LogP contribution in [0.15, 0.2) is 36.7 Å². The summed E-state index contributed by atoms with van der Waals surface area (Å²) < 4.78 is 2.08. The quantitative estimate of drug-likeness (QED) is 0.802. The molecule has 0 spiro atoms. The summed E-state index contributed by atoms with van der Waals surface area (Å²) in [6, 6.07) is 8.71. The van der Waals surface area contributed by atoms with Crippen LogP contribution in [0.3, 0.4) is 0 Å². The molecule has 0 atom stereocenters. The van der Waals surface area contributed by atoms with Crippen LogP contribution in [-0.4, -0.2) is 23.6 Å². The molecule has 0 bridgehead atoms. The number of aryl methyl sites for hydroxylation is 3. The number of imidazole rings is 1. The molecule has 0 aliphatic rings. The van der Waals surface area contributed by atoms with Gasteiger partial charge in [-0.3, -0.25) is 0 Å². The van der Waals surface area contributed by atoms with E-state index in [9.17, 15) is 0 Å². The van der Waals surface area contributed by atoms with Crippen molar-refractivity contribution < 1.29 is 0 Å². The molecule has 0 N–H and O–H groups in total. The van der Waals surface area contributed by atoms with Gasteiger partial charge in [0.05, 0.1) is 0 Å². The third kappa shape index (κ3) is 2.87. The van der Waals surface area contributed by atoms with E-state index < -0.39 is 0 Å². The molecule has 90 valence electrons. The highest BCUT2D eigenvalue weighted by atomic mass is 15.1. The molecule has 1 aromatic carbocycles. The fraction of sp³-hybridized carbons (Fsp3) is 0.357. The number of anilines is 1. The van der Waals surface area contributed by atoms with Crippen molar-refractivity contribution in [3.8, 4) is 0 Å². The van der Waals surface area contributed by atoms with Crippen LogP contribution in [0.25, 0.3) is 0 Å². The number of rotatable bonds is 4. The van der Waals surface area contributed by atoms with E-state index in [1.165, 1.54) is 11.3 Å². The molecule has 3 nitrogen and oxygen atoms in total. The molecule has 0 radical (unpaired) electrons. The highest BCUT2D eigenvalue weighted by Crippen LogP contribution is 2.13. The van der Waals surface area contributed by atoms with Gasteiger partial charge < -0.3 is 9.47 Å². The highest BCUT2D eigenvalue weighted by Gasteiger charge is 2.01. The Morgan fingerprint density at radius 1 is 1.12 bits per heavy atom. The Bertz CT molecular complexity index is 468. The van der Waals surface area contributed by atoms with E-state index in [2.05, 4.69) is 52.8 Å². The summed E-state index contributed by atoms with van der Waals surface area (Å²) in [4.78, 5) is 6.44. The molecule has 0 fully saturated rings. The summed E-state index contributed by atoms with van der Waals surface area (Å²) in [5, 5.41) is 0. The fourth-order valence-corrected chi connectivity index (χ4v) is 1.85. The third-order valence-corrected chi connectivity index (χ3v) is 3.01. The first-order valence-corrected chi connectivity index (χ1v) is 5.89. The molecule has 0 aliphatic carbocycles. The minimum atomic E-state index is 0.991. The second-order valence-electron chi connectivity index (χ2n) is 4.52. The molecule has 0 aliphatic heterocycles. The van der Waals surface area contributed by atoms with Gasteiger partial charge in [-0.25, -0.2) is 4.98 Å². The SMILES string of the molecule is CN(C)c1ccc(CCc2nccn2C)cc1. The van der Waals surface area contributed by atoms with Crippen molar-refractivity contribution in [2.75, 3.05) is 19.0 Å². The van der Waals surface area contributed by atoms with E-state index in [1.54, 1.807) is 0 Å². The lowest BCUT2D eigenvalue weighted by molar-refractivity contribution is 0.771. The molecule has 1 aromatic heterocycles. The van der Waals surface area contributed by atoms with Crippen molar-refractivity contribution in [3.05, 3.63) is 48.0 Å². The van der Waals surface area contributed by atoms with Gasteiger partial charge in [0.2, 0.25) is 0 Å². The normalized spacial score (nSPS) is 10.5. The molecule has 0 amide bonds. The topological polar surface area (TPSA) is 21.1 Å². The first kappa shape index (κ1) is 11.7. The van der Waals surface area contributed by atoms with Gasteiger partial charge in [0, 0.05) is 45.6 Å². The van der Waals surface area contributed by atoms with Gasteiger partial charge in [0.15, 0.2) is 0 Å². The summed E-state index contributed by atoms with van der Waals surface area (Å²) in [6.07, 6.45) is 5.87. The maximum absolute atomic E-state index is 4.33. The lowest BCUT2D eigenvalue weighted by atomic mass is 10.1. The first-order chi connectivity index (χ1) is 8.16. The number of aromatic nitrogens is 2. The van der Waals surface area contributed by atoms with Gasteiger partial charge in [0.1, 0.15) is 5.82 Å². The van der Waals surface area contributed by atoms with Crippen molar-refractivity contribution in [3.63, 3.8) is 0 Å². The summed E-state index contributed by atoms with van der Waals surface area (Å²) >= 11 is 0. The standard InChI is InChI=1S/C14H19N3/c1-16(2)13-7-4-12(5-8-13)6-9-14-15-10-11-17(14)3/h4-5,7-8,10-11H,6,9H2,1-3H3. The van der Waals surface area contributed by atoms with Crippen LogP contribution in [0, 0.1) is 0 Å². The monoisotopic (exact) mass is 229 g/mol. The Morgan fingerprint density at radius 3 is 2.35 bits per heavy atom. The maximum atomic E-state index is 4.33. The van der Waals surface area contributed by atoms with Crippen LogP contribution in [0.4, 0.5) is 5.69 Å². The predicted molar refractivity (Wildman–Crippen MR) is 71.4 cm³/mol. The van der Waals surface area contributed by atoms with Crippen LogP contribution < -0.4 is 4.90 Å². The largest absolute Gasteiger partial charge is 0.378 e. The van der Waals surface area contributed by atoms with Gasteiger partial charge >= 0.3 is 0 Å². The Kier molecular flexibility index (Phi) is 3.47. The average molecular weight is 229 g/mol. The van der Waals surface area contributed by atoms with Crippen LogP contribution >= 0.6 is 0 Å². The third-order valence-electron chi connectivity index (χ3n) is 3.01. The Labute approximate surface area is 103 Å². The van der Waals surface area contributed by atoms with Crippen molar-refractivity contribution in [1.29, 1.82) is 0 Å². The minimum Gasteiger partial charge on any atom is -0.378 e. The zero-order chi connectivity index (χ0) is 12.3. The maximum Gasteiger partial charge on any atom is 0.108 e. The van der Waals surface area contributed by atoms with E-state index in [1.807, 2.05) is 19.4 Å². The Hall–Kier alpha value is -1.77. The second kappa shape index (κ2) is 5.04. The van der Waals surface area contributed by atoms with Gasteiger partial charge in [0.25, 0.3) is 0 Å². The summed E-state index contributed by atoms with van der Waals surface area (Å²) in [6.45, 7) is 0. The molecule has 0 saturated carbocycles. The van der Waals surface area contributed by atoms with Crippen LogP contribution in [-0.2, 0) is 19.9 Å². The van der Waals surface area contributed by atoms with Crippen molar-refractivity contribution >= 4 is 5.69 Å². The fourth-order valence-electron chi connectivity index (χ4n) is 1.85. The van der Waals surface area contributed by atoms with Crippen LogP contribution in [0.5, 0.6) is 0 Å². The average Bonchev–Trinajstić information content (AvgIpc) is 2.73. The van der Waals surface area contributed by atoms with Crippen molar-refractivity contribution in [2.24, 2.45) is 7.05 Å². The molecule has 17 heavy (non-hydrogen) atoms. The molecular formula is C14H19N3. The van der Waals surface area contributed by atoms with Crippen molar-refractivity contribution in [2.45, 2.75) is 12.8 Å². The summed E-state index contributed by atoms with van der Waals surface area (Å²) in [5.41, 5.74) is 2.60. The van der Waals surface area contributed by atoms with E-state index in [-0.39, 0.29) is 0 Å². The molecule has 0 unspecified atom stereocenters. The Balaban J connectivity index is 1.98. The number of hydrogen-bond donors (Lipinski definition) is 0. The molecule has 2 aromatic rings. The molecule has 2 rings (SSSR count). The summed E-state index contributed by atoms with van der Waals surface area (Å²) in [7, 11) is 6.16. The summed E-state index contributed by atoms with van der Waals surface area (Å²) in [5.74, 6) is 1.14. The number of nitrogens with zero attached hydrogens (tertiary/aromatic N) is 3. The molecule has 3 heteroatoms. The van der Waals surface area contributed by atoms with E-state index in [4.69, 9.17) is 0 Å². The molecular weight excluding hydrogens is 210 g/mol. The van der Waals surface area contributed by atoms with Gasteiger partial charge in [-0.2, -0.15) is 0 Å². The first-order valence-electron chi connectivity index (χ1n) is 5.89. The zero-order valence-electron chi connectivity index (χ0n) is 10.7. The number of hydrogen-bond acceptors (Lipinski definition) is 2. The zero-order valence-corrected chi connectivity index (χ0v) is 10.7. The predicted octanol–water partition coefficient (Wildman–Crippen LogP) is 2.27. The van der Waals surface area contributed by atoms with Gasteiger partial charge in [-0.05, 0) is 24.1 Å². The number of benzene rings is 1. The molecule has 0 saturated heterocycles. The Morgan fingerprint density at radius 2 is 1.82 bits per heavy atom. The van der Waals surface area contributed by atoms with E-state index in [0.717, 1.165) is 18.7 Å². The van der Waals surface area contributed by atoms with Crippen LogP contribution in [0.1, 0.15) is 11.4 Å². The van der Waals surface area contributed by atoms with Gasteiger partial charge in [-0.1, -0.05) is 12.1 Å². The lowest BCUT2D eigenvalue weighted by Crippen LogP contribution is -2.08. The van der Waals surface area contributed by atoms with E-state index >= 15 is 0 Å². The minimum absolute atomic E-state index is 0.991. The lowest BCUT2D eigenvalue weighted by Gasteiger charge is -2.12. The van der Waals surface area contributed by atoms with E-state index in [0.29, 0.717) is 0 Å². The van der Waals surface area contributed by atoms with Gasteiger partial charge in [-0.15, -0.1) is 0 Å². The smallest absolute Gasteiger partial charge is 0.108 e. The second-order valence-corrected chi connectivity index (χ2v) is 4.52. The molecule has 1 heterocycles. The highest BCUT2D eigenvalue weighted by molar-refractivity contribution is 5.46.